The van der Waals surface area contributed by atoms with Crippen molar-refractivity contribution in [2.45, 2.75) is 19.4 Å². The Kier molecular flexibility index (Phi) is 7.41. The molecule has 3 heterocycles. The molecule has 8 nitrogen and oxygen atoms in total. The summed E-state index contributed by atoms with van der Waals surface area (Å²) >= 11 is 6.12. The largest absolute Gasteiger partial charge is 0.507 e. The van der Waals surface area contributed by atoms with Gasteiger partial charge in [0.15, 0.2) is 0 Å². The number of aliphatic hydroxyl groups excluding tert-OH is 1. The topological polar surface area (TPSA) is 87.9 Å². The van der Waals surface area contributed by atoms with Crippen molar-refractivity contribution in [2.24, 2.45) is 0 Å². The number of ether oxygens (including phenoxy) is 1. The van der Waals surface area contributed by atoms with E-state index >= 15 is 0 Å². The molecule has 2 saturated heterocycles. The van der Waals surface area contributed by atoms with Crippen molar-refractivity contribution in [2.75, 3.05) is 39.4 Å². The molecule has 0 radical (unpaired) electrons. The lowest BCUT2D eigenvalue weighted by molar-refractivity contribution is -0.140. The van der Waals surface area contributed by atoms with Crippen LogP contribution in [-0.2, 0) is 14.3 Å². The average molecular weight is 521 g/mol. The van der Waals surface area contributed by atoms with Gasteiger partial charge in [0.1, 0.15) is 5.76 Å². The highest BCUT2D eigenvalue weighted by Gasteiger charge is 2.46. The first-order chi connectivity index (χ1) is 18.0. The van der Waals surface area contributed by atoms with E-state index in [1.165, 1.54) is 6.20 Å². The minimum atomic E-state index is -0.721. The molecule has 3 aromatic rings. The minimum Gasteiger partial charge on any atom is -0.507 e. The number of hydrogen-bond donors (Lipinski definition) is 1. The zero-order chi connectivity index (χ0) is 25.9. The van der Waals surface area contributed by atoms with Crippen LogP contribution in [0.25, 0.3) is 11.4 Å². The van der Waals surface area contributed by atoms with Gasteiger partial charge < -0.3 is 14.7 Å². The van der Waals surface area contributed by atoms with Crippen LogP contribution in [0.1, 0.15) is 29.3 Å². The zero-order valence-electron chi connectivity index (χ0n) is 20.6. The number of Topliss-reactive ketones (excluding diaryl/α,β-unsaturated/α-hetero) is 1. The van der Waals surface area contributed by atoms with Crippen molar-refractivity contribution in [1.82, 2.24) is 19.6 Å². The van der Waals surface area contributed by atoms with Crippen LogP contribution in [0.15, 0.2) is 66.4 Å². The molecule has 5 rings (SSSR count). The molecule has 2 aliphatic rings. The smallest absolute Gasteiger partial charge is 0.295 e. The number of benzene rings is 2. The third-order valence-corrected chi connectivity index (χ3v) is 7.22. The maximum Gasteiger partial charge on any atom is 0.295 e. The number of amides is 1. The third-order valence-electron chi connectivity index (χ3n) is 6.97. The van der Waals surface area contributed by atoms with Crippen molar-refractivity contribution in [3.8, 4) is 5.69 Å². The maximum atomic E-state index is 13.3. The Morgan fingerprint density at radius 3 is 2.46 bits per heavy atom. The van der Waals surface area contributed by atoms with Crippen molar-refractivity contribution in [1.29, 1.82) is 0 Å². The van der Waals surface area contributed by atoms with Crippen molar-refractivity contribution < 1.29 is 19.4 Å². The van der Waals surface area contributed by atoms with Crippen molar-refractivity contribution in [3.05, 3.63) is 88.2 Å². The first kappa shape index (κ1) is 25.2. The van der Waals surface area contributed by atoms with Gasteiger partial charge in [-0.25, -0.2) is 4.68 Å². The second kappa shape index (κ2) is 10.9. The number of hydrogen-bond acceptors (Lipinski definition) is 6. The fourth-order valence-electron chi connectivity index (χ4n) is 5.01. The normalized spacial score (nSPS) is 20.1. The Balaban J connectivity index is 1.50. The van der Waals surface area contributed by atoms with Gasteiger partial charge in [-0.1, -0.05) is 41.9 Å². The fourth-order valence-corrected chi connectivity index (χ4v) is 5.13. The summed E-state index contributed by atoms with van der Waals surface area (Å²) in [6.45, 7) is 6.10. The Morgan fingerprint density at radius 2 is 1.76 bits per heavy atom. The van der Waals surface area contributed by atoms with Gasteiger partial charge in [-0.3, -0.25) is 14.5 Å². The molecule has 1 N–H and O–H groups in total. The van der Waals surface area contributed by atoms with Gasteiger partial charge in [0.05, 0.1) is 48.0 Å². The molecule has 2 aliphatic heterocycles. The molecule has 1 aromatic heterocycles. The fraction of sp³-hybridized carbons (Fsp3) is 0.321. The zero-order valence-corrected chi connectivity index (χ0v) is 21.4. The van der Waals surface area contributed by atoms with E-state index in [1.54, 1.807) is 33.8 Å². The van der Waals surface area contributed by atoms with E-state index in [-0.39, 0.29) is 11.3 Å². The molecule has 2 fully saturated rings. The standard InChI is InChI=1S/C28H29ClN4O4/c1-19-23(18-30-33(19)22-6-3-2-4-7-22)26(34)24-25(20-8-10-21(29)11-9-20)32(28(36)27(24)35)13-5-12-31-14-16-37-17-15-31/h2-4,6-11,18,25,34H,5,12-17H2,1H3/b26-24+/t25-/m1/s1. The lowest BCUT2D eigenvalue weighted by Crippen LogP contribution is -2.38. The van der Waals surface area contributed by atoms with Gasteiger partial charge in [0.2, 0.25) is 0 Å². The highest BCUT2D eigenvalue weighted by Crippen LogP contribution is 2.40. The number of morpholine rings is 1. The lowest BCUT2D eigenvalue weighted by Gasteiger charge is -2.29. The van der Waals surface area contributed by atoms with Crippen LogP contribution in [0.2, 0.25) is 5.02 Å². The van der Waals surface area contributed by atoms with Gasteiger partial charge in [0, 0.05) is 31.2 Å². The Morgan fingerprint density at radius 1 is 1.05 bits per heavy atom. The molecule has 0 bridgehead atoms. The van der Waals surface area contributed by atoms with Crippen LogP contribution < -0.4 is 0 Å². The molecule has 0 saturated carbocycles. The van der Waals surface area contributed by atoms with Gasteiger partial charge >= 0.3 is 0 Å². The number of rotatable bonds is 7. The van der Waals surface area contributed by atoms with E-state index in [9.17, 15) is 14.7 Å². The molecular formula is C28H29ClN4O4. The molecule has 1 atom stereocenters. The summed E-state index contributed by atoms with van der Waals surface area (Å²) in [5.41, 5.74) is 2.68. The Hall–Kier alpha value is -3.46. The summed E-state index contributed by atoms with van der Waals surface area (Å²) in [7, 11) is 0. The summed E-state index contributed by atoms with van der Waals surface area (Å²) in [5.74, 6) is -1.54. The highest BCUT2D eigenvalue weighted by molar-refractivity contribution is 6.46. The van der Waals surface area contributed by atoms with Crippen molar-refractivity contribution in [3.63, 3.8) is 0 Å². The van der Waals surface area contributed by atoms with E-state index in [2.05, 4.69) is 10.00 Å². The Bertz CT molecular complexity index is 1310. The number of nitrogens with zero attached hydrogens (tertiary/aromatic N) is 4. The number of carbonyl (C=O) groups excluding carboxylic acids is 2. The molecule has 9 heteroatoms. The molecule has 0 aliphatic carbocycles. The molecule has 192 valence electrons. The number of para-hydroxylation sites is 1. The number of halogens is 1. The maximum absolute atomic E-state index is 13.3. The summed E-state index contributed by atoms with van der Waals surface area (Å²) in [5, 5.41) is 16.4. The predicted octanol–water partition coefficient (Wildman–Crippen LogP) is 3.98. The molecule has 0 unspecified atom stereocenters. The summed E-state index contributed by atoms with van der Waals surface area (Å²) in [4.78, 5) is 30.4. The van der Waals surface area contributed by atoms with Crippen LogP contribution in [-0.4, -0.2) is 75.8 Å². The summed E-state index contributed by atoms with van der Waals surface area (Å²) < 4.78 is 7.11. The van der Waals surface area contributed by atoms with E-state index in [4.69, 9.17) is 16.3 Å². The number of carbonyl (C=O) groups is 2. The molecule has 2 aromatic carbocycles. The molecule has 37 heavy (non-hydrogen) atoms. The van der Waals surface area contributed by atoms with E-state index in [0.717, 1.165) is 25.3 Å². The van der Waals surface area contributed by atoms with Gasteiger partial charge in [-0.2, -0.15) is 5.10 Å². The second-order valence-corrected chi connectivity index (χ2v) is 9.68. The van der Waals surface area contributed by atoms with Crippen LogP contribution >= 0.6 is 11.6 Å². The predicted molar refractivity (Wildman–Crippen MR) is 141 cm³/mol. The number of ketones is 1. The number of aliphatic hydroxyl groups is 1. The Labute approximate surface area is 220 Å². The summed E-state index contributed by atoms with van der Waals surface area (Å²) in [6.07, 6.45) is 2.23. The van der Waals surface area contributed by atoms with E-state index in [1.807, 2.05) is 37.3 Å². The van der Waals surface area contributed by atoms with Gasteiger partial charge in [-0.15, -0.1) is 0 Å². The van der Waals surface area contributed by atoms with Crippen LogP contribution in [0.5, 0.6) is 0 Å². The van der Waals surface area contributed by atoms with Crippen LogP contribution in [0, 0.1) is 6.92 Å². The quantitative estimate of drug-likeness (QED) is 0.288. The van der Waals surface area contributed by atoms with E-state index < -0.39 is 17.7 Å². The SMILES string of the molecule is Cc1c(/C(O)=C2\C(=O)C(=O)N(CCCN3CCOCC3)[C@@H]2c2ccc(Cl)cc2)cnn1-c1ccccc1. The third kappa shape index (κ3) is 5.05. The highest BCUT2D eigenvalue weighted by atomic mass is 35.5. The first-order valence-electron chi connectivity index (χ1n) is 12.4. The number of aromatic nitrogens is 2. The molecule has 0 spiro atoms. The number of likely N-dealkylation sites (tertiary alicyclic amines) is 1. The average Bonchev–Trinajstić information content (AvgIpc) is 3.42. The summed E-state index contributed by atoms with van der Waals surface area (Å²) in [6, 6.07) is 15.8. The van der Waals surface area contributed by atoms with Crippen LogP contribution in [0.3, 0.4) is 0 Å². The van der Waals surface area contributed by atoms with Gasteiger partial charge in [0.25, 0.3) is 11.7 Å². The van der Waals surface area contributed by atoms with E-state index in [0.29, 0.717) is 48.0 Å². The molecular weight excluding hydrogens is 492 g/mol. The molecule has 1 amide bonds. The van der Waals surface area contributed by atoms with Crippen LogP contribution in [0.4, 0.5) is 0 Å². The van der Waals surface area contributed by atoms with Gasteiger partial charge in [-0.05, 0) is 43.2 Å². The van der Waals surface area contributed by atoms with Crippen molar-refractivity contribution >= 4 is 29.1 Å². The first-order valence-corrected chi connectivity index (χ1v) is 12.8. The monoisotopic (exact) mass is 520 g/mol. The lowest BCUT2D eigenvalue weighted by atomic mass is 9.95. The minimum absolute atomic E-state index is 0.0643. The second-order valence-electron chi connectivity index (χ2n) is 9.24.